The normalized spacial score (nSPS) is 19.2. The van der Waals surface area contributed by atoms with Gasteiger partial charge in [0, 0.05) is 0 Å². The third-order valence-corrected chi connectivity index (χ3v) is 2.12. The van der Waals surface area contributed by atoms with E-state index in [9.17, 15) is 9.36 Å². The quantitative estimate of drug-likeness (QED) is 0.236. The molecule has 0 saturated heterocycles. The zero-order valence-corrected chi connectivity index (χ0v) is 9.21. The van der Waals surface area contributed by atoms with Crippen molar-refractivity contribution in [3.05, 3.63) is 0 Å². The van der Waals surface area contributed by atoms with Gasteiger partial charge in [-0.15, -0.1) is 0 Å². The van der Waals surface area contributed by atoms with Crippen LogP contribution >= 0.6 is 7.82 Å². The van der Waals surface area contributed by atoms with Crippen molar-refractivity contribution in [2.24, 2.45) is 0 Å². The molecule has 0 radical (unpaired) electrons. The van der Waals surface area contributed by atoms with Crippen molar-refractivity contribution in [2.45, 2.75) is 24.4 Å². The summed E-state index contributed by atoms with van der Waals surface area (Å²) in [4.78, 5) is 27.3. The monoisotopic (exact) mass is 276 g/mol. The van der Waals surface area contributed by atoms with E-state index in [-0.39, 0.29) is 0 Å². The fourth-order valence-corrected chi connectivity index (χ4v) is 1.18. The molecule has 11 heteroatoms. The molecule has 0 aliphatic carbocycles. The number of rotatable bonds is 6. The lowest BCUT2D eigenvalue weighted by atomic mass is 10.0. The van der Waals surface area contributed by atoms with E-state index in [2.05, 4.69) is 4.52 Å². The van der Waals surface area contributed by atoms with Gasteiger partial charge in [0.1, 0.15) is 18.3 Å². The minimum absolute atomic E-state index is 0.960. The number of carbonyl (C=O) groups is 1. The van der Waals surface area contributed by atoms with Crippen LogP contribution in [0.25, 0.3) is 0 Å². The van der Waals surface area contributed by atoms with E-state index in [0.29, 0.717) is 0 Å². The molecule has 7 N–H and O–H groups in total. The summed E-state index contributed by atoms with van der Waals surface area (Å²) in [5.74, 6) is -1.88. The predicted molar refractivity (Wildman–Crippen MR) is 49.2 cm³/mol. The van der Waals surface area contributed by atoms with Crippen LogP contribution in [0.1, 0.15) is 0 Å². The highest BCUT2D eigenvalue weighted by Gasteiger charge is 2.37. The molecule has 0 rings (SSSR count). The van der Waals surface area contributed by atoms with Crippen molar-refractivity contribution in [1.29, 1.82) is 0 Å². The molecule has 17 heavy (non-hydrogen) atoms. The Bertz CT molecular complexity index is 299. The van der Waals surface area contributed by atoms with Crippen molar-refractivity contribution in [1.82, 2.24) is 0 Å². The Balaban J connectivity index is 4.54. The van der Waals surface area contributed by atoms with Crippen LogP contribution in [-0.4, -0.2) is 72.3 Å². The molecule has 0 fully saturated rings. The minimum Gasteiger partial charge on any atom is -0.394 e. The largest absolute Gasteiger partial charge is 0.527 e. The summed E-state index contributed by atoms with van der Waals surface area (Å²) < 4.78 is 13.7. The Morgan fingerprint density at radius 1 is 1.12 bits per heavy atom. The van der Waals surface area contributed by atoms with Gasteiger partial charge in [-0.3, -0.25) is 9.79 Å². The summed E-state index contributed by atoms with van der Waals surface area (Å²) in [6.07, 6.45) is -8.71. The van der Waals surface area contributed by atoms with E-state index in [1.807, 2.05) is 0 Å². The minimum atomic E-state index is -5.19. The number of phosphoric ester groups is 1. The van der Waals surface area contributed by atoms with E-state index < -0.39 is 44.8 Å². The SMILES string of the molecule is O=C(OP(=O)(O)O)[C@H](O)[C@@H](O)[C@@H](O)[C@H](O)CO. The van der Waals surface area contributed by atoms with Crippen molar-refractivity contribution >= 4 is 13.8 Å². The second kappa shape index (κ2) is 6.38. The van der Waals surface area contributed by atoms with E-state index in [1.54, 1.807) is 0 Å². The number of aliphatic hydroxyl groups excluding tert-OH is 5. The molecule has 4 atom stereocenters. The van der Waals surface area contributed by atoms with Gasteiger partial charge in [-0.25, -0.2) is 9.36 Å². The number of carbonyl (C=O) groups excluding carboxylic acids is 1. The first-order valence-corrected chi connectivity index (χ1v) is 5.75. The predicted octanol–water partition coefficient (Wildman–Crippen LogP) is -3.94. The van der Waals surface area contributed by atoms with Gasteiger partial charge in [0.05, 0.1) is 6.61 Å². The van der Waals surface area contributed by atoms with Gasteiger partial charge < -0.3 is 30.1 Å². The Kier molecular flexibility index (Phi) is 6.16. The lowest BCUT2D eigenvalue weighted by Gasteiger charge is -2.24. The fourth-order valence-electron chi connectivity index (χ4n) is 0.833. The third-order valence-electron chi connectivity index (χ3n) is 1.71. The molecule has 0 heterocycles. The van der Waals surface area contributed by atoms with Gasteiger partial charge in [-0.05, 0) is 0 Å². The van der Waals surface area contributed by atoms with Crippen molar-refractivity contribution in [3.63, 3.8) is 0 Å². The summed E-state index contributed by atoms with van der Waals surface area (Å²) in [5, 5.41) is 44.6. The molecule has 0 aromatic rings. The first kappa shape index (κ1) is 16.4. The molecular formula is C6H13O10P. The highest BCUT2D eigenvalue weighted by atomic mass is 31.2. The van der Waals surface area contributed by atoms with Gasteiger partial charge >= 0.3 is 13.8 Å². The number of hydrogen-bond acceptors (Lipinski definition) is 8. The summed E-state index contributed by atoms with van der Waals surface area (Å²) in [5.41, 5.74) is 0. The Labute approximate surface area is 94.9 Å². The molecular weight excluding hydrogens is 263 g/mol. The second-order valence-corrected chi connectivity index (χ2v) is 4.24. The van der Waals surface area contributed by atoms with Crippen LogP contribution in [0.5, 0.6) is 0 Å². The molecule has 0 aromatic heterocycles. The van der Waals surface area contributed by atoms with Crippen molar-refractivity contribution in [3.8, 4) is 0 Å². The molecule has 10 nitrogen and oxygen atoms in total. The van der Waals surface area contributed by atoms with Crippen LogP contribution in [0.4, 0.5) is 0 Å². The third kappa shape index (κ3) is 5.52. The van der Waals surface area contributed by atoms with Crippen molar-refractivity contribution < 1.29 is 49.2 Å². The van der Waals surface area contributed by atoms with E-state index >= 15 is 0 Å². The zero-order valence-electron chi connectivity index (χ0n) is 8.32. The van der Waals surface area contributed by atoms with E-state index in [1.165, 1.54) is 0 Å². The van der Waals surface area contributed by atoms with Crippen LogP contribution in [0.15, 0.2) is 0 Å². The zero-order chi connectivity index (χ0) is 13.8. The van der Waals surface area contributed by atoms with Crippen LogP contribution in [-0.2, 0) is 13.9 Å². The highest BCUT2D eigenvalue weighted by Crippen LogP contribution is 2.36. The standard InChI is InChI=1S/C6H13O10P/c7-1-2(8)3(9)4(10)5(11)6(12)16-17(13,14)15/h2-5,7-11H,1H2,(H2,13,14,15)/t2-,3+,4+,5-/m1/s1. The molecule has 0 aliphatic rings. The van der Waals surface area contributed by atoms with Gasteiger partial charge in [0.25, 0.3) is 0 Å². The summed E-state index contributed by atoms with van der Waals surface area (Å²) in [6.45, 7) is -0.960. The average Bonchev–Trinajstić information content (AvgIpc) is 2.22. The molecule has 0 amide bonds. The fraction of sp³-hybridized carbons (Fsp3) is 0.833. The summed E-state index contributed by atoms with van der Waals surface area (Å²) >= 11 is 0. The Morgan fingerprint density at radius 2 is 1.59 bits per heavy atom. The summed E-state index contributed by atoms with van der Waals surface area (Å²) in [7, 11) is -5.19. The van der Waals surface area contributed by atoms with Crippen LogP contribution < -0.4 is 0 Å². The lowest BCUT2D eigenvalue weighted by Crippen LogP contribution is -2.48. The highest BCUT2D eigenvalue weighted by molar-refractivity contribution is 7.46. The second-order valence-electron chi connectivity index (χ2n) is 3.08. The lowest BCUT2D eigenvalue weighted by molar-refractivity contribution is -0.162. The van der Waals surface area contributed by atoms with Crippen LogP contribution in [0.2, 0.25) is 0 Å². The smallest absolute Gasteiger partial charge is 0.394 e. The maximum atomic E-state index is 10.8. The molecule has 102 valence electrons. The van der Waals surface area contributed by atoms with Crippen molar-refractivity contribution in [2.75, 3.05) is 6.61 Å². The van der Waals surface area contributed by atoms with Gasteiger partial charge in [0.15, 0.2) is 6.10 Å². The van der Waals surface area contributed by atoms with E-state index in [0.717, 1.165) is 0 Å². The van der Waals surface area contributed by atoms with Gasteiger partial charge in [-0.2, -0.15) is 0 Å². The number of phosphoric acid groups is 1. The first-order valence-electron chi connectivity index (χ1n) is 4.22. The Hall–Kier alpha value is -0.580. The van der Waals surface area contributed by atoms with Crippen LogP contribution in [0, 0.1) is 0 Å². The van der Waals surface area contributed by atoms with Gasteiger partial charge in [-0.1, -0.05) is 0 Å². The maximum absolute atomic E-state index is 10.8. The number of hydrogen-bond donors (Lipinski definition) is 7. The molecule has 0 bridgehead atoms. The number of aliphatic hydroxyl groups is 5. The van der Waals surface area contributed by atoms with Crippen LogP contribution in [0.3, 0.4) is 0 Å². The molecule has 0 spiro atoms. The Morgan fingerprint density at radius 3 is 1.94 bits per heavy atom. The first-order chi connectivity index (χ1) is 7.60. The molecule has 0 aliphatic heterocycles. The molecule has 0 aromatic carbocycles. The van der Waals surface area contributed by atoms with Gasteiger partial charge in [0.2, 0.25) is 0 Å². The molecule has 0 unspecified atom stereocenters. The summed E-state index contributed by atoms with van der Waals surface area (Å²) in [6, 6.07) is 0. The molecule has 0 saturated carbocycles. The maximum Gasteiger partial charge on any atom is 0.527 e. The van der Waals surface area contributed by atoms with E-state index in [4.69, 9.17) is 35.3 Å². The average molecular weight is 276 g/mol. The topological polar surface area (TPSA) is 185 Å².